The van der Waals surface area contributed by atoms with Crippen molar-refractivity contribution in [2.24, 2.45) is 0 Å². The summed E-state index contributed by atoms with van der Waals surface area (Å²) in [7, 11) is 1.63. The first kappa shape index (κ1) is 17.6. The molecule has 1 amide bonds. The van der Waals surface area contributed by atoms with Crippen LogP contribution < -0.4 is 10.6 Å². The van der Waals surface area contributed by atoms with Gasteiger partial charge in [-0.1, -0.05) is 26.0 Å². The van der Waals surface area contributed by atoms with Crippen molar-refractivity contribution in [3.8, 4) is 0 Å². The molecule has 0 saturated heterocycles. The van der Waals surface area contributed by atoms with E-state index in [-0.39, 0.29) is 5.91 Å². The minimum Gasteiger partial charge on any atom is -0.382 e. The summed E-state index contributed by atoms with van der Waals surface area (Å²) in [5.41, 5.74) is 1.84. The highest BCUT2D eigenvalue weighted by Gasteiger charge is 2.04. The average Bonchev–Trinajstić information content (AvgIpc) is 2.49. The Kier molecular flexibility index (Phi) is 8.66. The number of carbonyl (C=O) groups excluding carboxylic acids is 1. The maximum Gasteiger partial charge on any atom is 0.251 e. The standard InChI is InChI=1S/C16H26N2O3/c1-13(2)18-12-14-4-6-15(7-5-14)16(19)17-8-9-21-11-10-20-3/h4-7,13,18H,8-12H2,1-3H3,(H,17,19). The van der Waals surface area contributed by atoms with Gasteiger partial charge in [0.15, 0.2) is 0 Å². The molecule has 0 spiro atoms. The van der Waals surface area contributed by atoms with Gasteiger partial charge in [-0.05, 0) is 17.7 Å². The van der Waals surface area contributed by atoms with Crippen LogP contribution in [-0.2, 0) is 16.0 Å². The van der Waals surface area contributed by atoms with Crippen LogP contribution in [0.25, 0.3) is 0 Å². The molecular weight excluding hydrogens is 268 g/mol. The first-order valence-electron chi connectivity index (χ1n) is 7.30. The minimum absolute atomic E-state index is 0.0753. The highest BCUT2D eigenvalue weighted by atomic mass is 16.5. The second kappa shape index (κ2) is 10.3. The Morgan fingerprint density at radius 3 is 2.48 bits per heavy atom. The largest absolute Gasteiger partial charge is 0.382 e. The number of methoxy groups -OCH3 is 1. The Balaban J connectivity index is 2.27. The van der Waals surface area contributed by atoms with Gasteiger partial charge in [0.25, 0.3) is 5.91 Å². The van der Waals surface area contributed by atoms with Gasteiger partial charge < -0.3 is 20.1 Å². The monoisotopic (exact) mass is 294 g/mol. The predicted molar refractivity (Wildman–Crippen MR) is 83.4 cm³/mol. The smallest absolute Gasteiger partial charge is 0.251 e. The molecule has 0 unspecified atom stereocenters. The van der Waals surface area contributed by atoms with E-state index in [1.54, 1.807) is 7.11 Å². The molecule has 1 aromatic carbocycles. The number of hydrogen-bond donors (Lipinski definition) is 2. The molecule has 118 valence electrons. The molecule has 21 heavy (non-hydrogen) atoms. The third-order valence-corrected chi connectivity index (χ3v) is 2.89. The van der Waals surface area contributed by atoms with Crippen molar-refractivity contribution in [2.75, 3.05) is 33.5 Å². The molecule has 1 rings (SSSR count). The molecule has 0 bridgehead atoms. The lowest BCUT2D eigenvalue weighted by atomic mass is 10.1. The van der Waals surface area contributed by atoms with E-state index in [1.165, 1.54) is 5.56 Å². The van der Waals surface area contributed by atoms with Crippen molar-refractivity contribution in [3.05, 3.63) is 35.4 Å². The van der Waals surface area contributed by atoms with Crippen LogP contribution in [0, 0.1) is 0 Å². The van der Waals surface area contributed by atoms with Gasteiger partial charge >= 0.3 is 0 Å². The van der Waals surface area contributed by atoms with Crippen LogP contribution in [0.15, 0.2) is 24.3 Å². The summed E-state index contributed by atoms with van der Waals surface area (Å²) in [6.45, 7) is 7.13. The van der Waals surface area contributed by atoms with Gasteiger partial charge in [0, 0.05) is 31.8 Å². The molecule has 0 aliphatic heterocycles. The molecule has 0 radical (unpaired) electrons. The van der Waals surface area contributed by atoms with Crippen LogP contribution in [0.2, 0.25) is 0 Å². The minimum atomic E-state index is -0.0753. The molecule has 0 fully saturated rings. The Morgan fingerprint density at radius 2 is 1.86 bits per heavy atom. The molecule has 5 heteroatoms. The van der Waals surface area contributed by atoms with Crippen molar-refractivity contribution < 1.29 is 14.3 Å². The SMILES string of the molecule is COCCOCCNC(=O)c1ccc(CNC(C)C)cc1. The van der Waals surface area contributed by atoms with Gasteiger partial charge in [-0.2, -0.15) is 0 Å². The van der Waals surface area contributed by atoms with E-state index in [1.807, 2.05) is 24.3 Å². The molecular formula is C16H26N2O3. The van der Waals surface area contributed by atoms with Crippen LogP contribution in [0.5, 0.6) is 0 Å². The molecule has 0 heterocycles. The molecule has 5 nitrogen and oxygen atoms in total. The summed E-state index contributed by atoms with van der Waals surface area (Å²) in [6, 6.07) is 8.08. The van der Waals surface area contributed by atoms with Crippen LogP contribution in [0.3, 0.4) is 0 Å². The van der Waals surface area contributed by atoms with Crippen LogP contribution in [0.4, 0.5) is 0 Å². The zero-order chi connectivity index (χ0) is 15.5. The topological polar surface area (TPSA) is 59.6 Å². The van der Waals surface area contributed by atoms with Gasteiger partial charge in [-0.15, -0.1) is 0 Å². The van der Waals surface area contributed by atoms with E-state index in [4.69, 9.17) is 9.47 Å². The molecule has 1 aromatic rings. The number of rotatable bonds is 10. The maximum absolute atomic E-state index is 11.9. The van der Waals surface area contributed by atoms with Crippen LogP contribution in [-0.4, -0.2) is 45.4 Å². The molecule has 0 aliphatic rings. The summed E-state index contributed by atoms with van der Waals surface area (Å²) in [5, 5.41) is 6.17. The fourth-order valence-electron chi connectivity index (χ4n) is 1.68. The van der Waals surface area contributed by atoms with E-state index >= 15 is 0 Å². The molecule has 0 atom stereocenters. The zero-order valence-electron chi connectivity index (χ0n) is 13.1. The third kappa shape index (κ3) is 7.80. The fraction of sp³-hybridized carbons (Fsp3) is 0.562. The number of hydrogen-bond acceptors (Lipinski definition) is 4. The Hall–Kier alpha value is -1.43. The summed E-state index contributed by atoms with van der Waals surface area (Å²) < 4.78 is 10.2. The van der Waals surface area contributed by atoms with Gasteiger partial charge in [0.2, 0.25) is 0 Å². The van der Waals surface area contributed by atoms with E-state index in [9.17, 15) is 4.79 Å². The lowest BCUT2D eigenvalue weighted by Gasteiger charge is -2.09. The number of benzene rings is 1. The summed E-state index contributed by atoms with van der Waals surface area (Å²) in [4.78, 5) is 11.9. The van der Waals surface area contributed by atoms with Gasteiger partial charge in [-0.25, -0.2) is 0 Å². The third-order valence-electron chi connectivity index (χ3n) is 2.89. The van der Waals surface area contributed by atoms with Gasteiger partial charge in [0.05, 0.1) is 19.8 Å². The van der Waals surface area contributed by atoms with Crippen molar-refractivity contribution in [1.82, 2.24) is 10.6 Å². The van der Waals surface area contributed by atoms with E-state index in [2.05, 4.69) is 24.5 Å². The molecule has 2 N–H and O–H groups in total. The normalized spacial score (nSPS) is 10.9. The van der Waals surface area contributed by atoms with Gasteiger partial charge in [-0.3, -0.25) is 4.79 Å². The first-order chi connectivity index (χ1) is 10.1. The lowest BCUT2D eigenvalue weighted by molar-refractivity contribution is 0.0692. The quantitative estimate of drug-likeness (QED) is 0.643. The fourth-order valence-corrected chi connectivity index (χ4v) is 1.68. The summed E-state index contributed by atoms with van der Waals surface area (Å²) in [6.07, 6.45) is 0. The maximum atomic E-state index is 11.9. The Bertz CT molecular complexity index is 404. The molecule has 0 aromatic heterocycles. The number of amides is 1. The van der Waals surface area contributed by atoms with Crippen molar-refractivity contribution in [1.29, 1.82) is 0 Å². The Labute approximate surface area is 127 Å². The summed E-state index contributed by atoms with van der Waals surface area (Å²) in [5.74, 6) is -0.0753. The van der Waals surface area contributed by atoms with Gasteiger partial charge in [0.1, 0.15) is 0 Å². The number of nitrogens with one attached hydrogen (secondary N) is 2. The highest BCUT2D eigenvalue weighted by Crippen LogP contribution is 2.04. The first-order valence-corrected chi connectivity index (χ1v) is 7.30. The van der Waals surface area contributed by atoms with Crippen molar-refractivity contribution in [2.45, 2.75) is 26.4 Å². The Morgan fingerprint density at radius 1 is 1.14 bits per heavy atom. The number of ether oxygens (including phenoxy) is 2. The van der Waals surface area contributed by atoms with Crippen LogP contribution >= 0.6 is 0 Å². The average molecular weight is 294 g/mol. The van der Waals surface area contributed by atoms with E-state index in [0.717, 1.165) is 6.54 Å². The van der Waals surface area contributed by atoms with Crippen LogP contribution in [0.1, 0.15) is 29.8 Å². The van der Waals surface area contributed by atoms with Crippen molar-refractivity contribution >= 4 is 5.91 Å². The second-order valence-electron chi connectivity index (χ2n) is 5.09. The van der Waals surface area contributed by atoms with Crippen molar-refractivity contribution in [3.63, 3.8) is 0 Å². The molecule has 0 aliphatic carbocycles. The number of carbonyl (C=O) groups is 1. The van der Waals surface area contributed by atoms with E-state index in [0.29, 0.717) is 38.0 Å². The second-order valence-corrected chi connectivity index (χ2v) is 5.09. The highest BCUT2D eigenvalue weighted by molar-refractivity contribution is 5.94. The predicted octanol–water partition coefficient (Wildman–Crippen LogP) is 1.58. The zero-order valence-corrected chi connectivity index (χ0v) is 13.1. The molecule has 0 saturated carbocycles. The summed E-state index contributed by atoms with van der Waals surface area (Å²) >= 11 is 0. The van der Waals surface area contributed by atoms with E-state index < -0.39 is 0 Å². The lowest BCUT2D eigenvalue weighted by Crippen LogP contribution is -2.27.